The number of amides is 1. The van der Waals surface area contributed by atoms with E-state index in [1.165, 1.54) is 4.31 Å². The molecule has 0 aliphatic carbocycles. The van der Waals surface area contributed by atoms with E-state index in [0.717, 1.165) is 31.4 Å². The number of benzene rings is 1. The van der Waals surface area contributed by atoms with Crippen molar-refractivity contribution in [1.29, 1.82) is 0 Å². The van der Waals surface area contributed by atoms with Gasteiger partial charge in [0.1, 0.15) is 0 Å². The molecule has 2 saturated heterocycles. The van der Waals surface area contributed by atoms with Crippen LogP contribution in [-0.2, 0) is 14.8 Å². The number of sulfonamides is 1. The number of nitrogens with one attached hydrogen (secondary N) is 2. The number of halogens is 1. The third-order valence-corrected chi connectivity index (χ3v) is 7.38. The van der Waals surface area contributed by atoms with Crippen LogP contribution in [0.2, 0.25) is 0 Å². The lowest BCUT2D eigenvalue weighted by molar-refractivity contribution is -0.127. The molecule has 1 aromatic carbocycles. The molecule has 0 aromatic heterocycles. The molecule has 2 N–H and O–H groups in total. The first kappa shape index (κ1) is 22.1. The van der Waals surface area contributed by atoms with Crippen LogP contribution in [0.3, 0.4) is 0 Å². The molecule has 0 saturated carbocycles. The van der Waals surface area contributed by atoms with E-state index >= 15 is 0 Å². The van der Waals surface area contributed by atoms with Crippen LogP contribution in [0.25, 0.3) is 0 Å². The second kappa shape index (κ2) is 9.37. The van der Waals surface area contributed by atoms with Crippen LogP contribution in [0.5, 0.6) is 0 Å². The van der Waals surface area contributed by atoms with Crippen molar-refractivity contribution in [2.45, 2.75) is 56.5 Å². The van der Waals surface area contributed by atoms with E-state index in [4.69, 9.17) is 0 Å². The SMILES string of the molecule is Cc1ccc(S(=O)(=O)N2CCCC(C(=O)NC3CCCNC3C)C2)cc1.Cl. The molecule has 2 heterocycles. The number of carbonyl (C=O) groups is 1. The van der Waals surface area contributed by atoms with Gasteiger partial charge in [-0.05, 0) is 58.2 Å². The van der Waals surface area contributed by atoms with E-state index in [2.05, 4.69) is 17.6 Å². The first-order valence-corrected chi connectivity index (χ1v) is 10.9. The second-order valence-electron chi connectivity index (χ2n) is 7.52. The molecule has 6 nitrogen and oxygen atoms in total. The molecule has 0 radical (unpaired) electrons. The fourth-order valence-corrected chi connectivity index (χ4v) is 5.30. The maximum atomic E-state index is 12.9. The van der Waals surface area contributed by atoms with Crippen LogP contribution in [0.15, 0.2) is 29.2 Å². The van der Waals surface area contributed by atoms with Crippen LogP contribution >= 0.6 is 12.4 Å². The highest BCUT2D eigenvalue weighted by Gasteiger charge is 2.34. The molecular weight excluding hydrogens is 386 g/mol. The zero-order valence-electron chi connectivity index (χ0n) is 16.0. The van der Waals surface area contributed by atoms with Crippen molar-refractivity contribution in [2.75, 3.05) is 19.6 Å². The third-order valence-electron chi connectivity index (χ3n) is 5.50. The van der Waals surface area contributed by atoms with Gasteiger partial charge in [0.05, 0.1) is 10.8 Å². The molecule has 3 unspecified atom stereocenters. The average Bonchev–Trinajstić information content (AvgIpc) is 2.64. The molecule has 1 aromatic rings. The Balaban J connectivity index is 0.00000261. The Bertz CT molecular complexity index is 739. The summed E-state index contributed by atoms with van der Waals surface area (Å²) in [5.41, 5.74) is 1.02. The van der Waals surface area contributed by atoms with E-state index in [9.17, 15) is 13.2 Å². The van der Waals surface area contributed by atoms with Gasteiger partial charge in [-0.15, -0.1) is 12.4 Å². The van der Waals surface area contributed by atoms with E-state index in [-0.39, 0.29) is 42.9 Å². The van der Waals surface area contributed by atoms with E-state index < -0.39 is 10.0 Å². The van der Waals surface area contributed by atoms with Gasteiger partial charge >= 0.3 is 0 Å². The van der Waals surface area contributed by atoms with E-state index in [1.807, 2.05) is 6.92 Å². The number of hydrogen-bond donors (Lipinski definition) is 2. The van der Waals surface area contributed by atoms with Crippen molar-refractivity contribution in [1.82, 2.24) is 14.9 Å². The van der Waals surface area contributed by atoms with Crippen LogP contribution in [-0.4, -0.2) is 50.3 Å². The normalized spacial score (nSPS) is 26.8. The van der Waals surface area contributed by atoms with Crippen molar-refractivity contribution in [3.8, 4) is 0 Å². The first-order valence-electron chi connectivity index (χ1n) is 9.48. The highest BCUT2D eigenvalue weighted by molar-refractivity contribution is 7.89. The molecule has 2 fully saturated rings. The van der Waals surface area contributed by atoms with Gasteiger partial charge in [0.2, 0.25) is 15.9 Å². The first-order chi connectivity index (χ1) is 12.4. The Morgan fingerprint density at radius 2 is 1.89 bits per heavy atom. The Kier molecular flexibility index (Phi) is 7.68. The Hall–Kier alpha value is -1.15. The fourth-order valence-electron chi connectivity index (χ4n) is 3.78. The minimum Gasteiger partial charge on any atom is -0.352 e. The smallest absolute Gasteiger partial charge is 0.243 e. The molecule has 2 aliphatic heterocycles. The average molecular weight is 416 g/mol. The van der Waals surface area contributed by atoms with Crippen molar-refractivity contribution < 1.29 is 13.2 Å². The van der Waals surface area contributed by atoms with E-state index in [0.29, 0.717) is 17.9 Å². The molecule has 3 atom stereocenters. The topological polar surface area (TPSA) is 78.5 Å². The molecule has 3 rings (SSSR count). The van der Waals surface area contributed by atoms with Crippen LogP contribution in [0.4, 0.5) is 0 Å². The van der Waals surface area contributed by atoms with Crippen molar-refractivity contribution in [3.63, 3.8) is 0 Å². The van der Waals surface area contributed by atoms with Crippen LogP contribution in [0, 0.1) is 12.8 Å². The lowest BCUT2D eigenvalue weighted by Crippen LogP contribution is -2.54. The number of aryl methyl sites for hydroxylation is 1. The minimum atomic E-state index is -3.55. The van der Waals surface area contributed by atoms with Gasteiger partial charge in [-0.1, -0.05) is 17.7 Å². The summed E-state index contributed by atoms with van der Waals surface area (Å²) in [7, 11) is -3.55. The molecular formula is C19H30ClN3O3S. The summed E-state index contributed by atoms with van der Waals surface area (Å²) in [5, 5.41) is 6.51. The molecule has 0 bridgehead atoms. The molecule has 1 amide bonds. The summed E-state index contributed by atoms with van der Waals surface area (Å²) in [5.74, 6) is -0.299. The standard InChI is InChI=1S/C19H29N3O3S.ClH/c1-14-7-9-17(10-8-14)26(24,25)22-12-4-5-16(13-22)19(23)21-18-6-3-11-20-15(18)2;/h7-10,15-16,18,20H,3-6,11-13H2,1-2H3,(H,21,23);1H. The van der Waals surface area contributed by atoms with Gasteiger partial charge in [0.15, 0.2) is 0 Å². The van der Waals surface area contributed by atoms with Crippen molar-refractivity contribution in [2.24, 2.45) is 5.92 Å². The number of carbonyl (C=O) groups excluding carboxylic acids is 1. The van der Waals surface area contributed by atoms with Gasteiger partial charge in [0.25, 0.3) is 0 Å². The molecule has 2 aliphatic rings. The minimum absolute atomic E-state index is 0. The van der Waals surface area contributed by atoms with Crippen molar-refractivity contribution >= 4 is 28.3 Å². The summed E-state index contributed by atoms with van der Waals surface area (Å²) in [6.45, 7) is 5.73. The van der Waals surface area contributed by atoms with Crippen molar-refractivity contribution in [3.05, 3.63) is 29.8 Å². The Labute approximate surface area is 168 Å². The molecule has 152 valence electrons. The highest BCUT2D eigenvalue weighted by Crippen LogP contribution is 2.24. The van der Waals surface area contributed by atoms with Gasteiger partial charge in [-0.25, -0.2) is 8.42 Å². The second-order valence-corrected chi connectivity index (χ2v) is 9.45. The quantitative estimate of drug-likeness (QED) is 0.789. The maximum Gasteiger partial charge on any atom is 0.243 e. The zero-order valence-corrected chi connectivity index (χ0v) is 17.6. The summed E-state index contributed by atoms with van der Waals surface area (Å²) in [6.07, 6.45) is 3.47. The maximum absolute atomic E-state index is 12.9. The highest BCUT2D eigenvalue weighted by atomic mass is 35.5. The summed E-state index contributed by atoms with van der Waals surface area (Å²) in [4.78, 5) is 13.0. The van der Waals surface area contributed by atoms with Gasteiger partial charge in [-0.3, -0.25) is 4.79 Å². The predicted molar refractivity (Wildman–Crippen MR) is 109 cm³/mol. The number of hydrogen-bond acceptors (Lipinski definition) is 4. The summed E-state index contributed by atoms with van der Waals surface area (Å²) in [6, 6.07) is 7.27. The van der Waals surface area contributed by atoms with Gasteiger partial charge < -0.3 is 10.6 Å². The van der Waals surface area contributed by atoms with Crippen LogP contribution < -0.4 is 10.6 Å². The number of piperidine rings is 2. The zero-order chi connectivity index (χ0) is 18.7. The summed E-state index contributed by atoms with van der Waals surface area (Å²) < 4.78 is 27.3. The van der Waals surface area contributed by atoms with Gasteiger partial charge in [-0.2, -0.15) is 4.31 Å². The Morgan fingerprint density at radius 3 is 2.56 bits per heavy atom. The van der Waals surface area contributed by atoms with Gasteiger partial charge in [0, 0.05) is 25.2 Å². The molecule has 8 heteroatoms. The summed E-state index contributed by atoms with van der Waals surface area (Å²) >= 11 is 0. The lowest BCUT2D eigenvalue weighted by Gasteiger charge is -2.35. The molecule has 27 heavy (non-hydrogen) atoms. The third kappa shape index (κ3) is 5.22. The van der Waals surface area contributed by atoms with E-state index in [1.54, 1.807) is 24.3 Å². The number of rotatable bonds is 4. The largest absolute Gasteiger partial charge is 0.352 e. The fraction of sp³-hybridized carbons (Fsp3) is 0.632. The predicted octanol–water partition coefficient (Wildman–Crippen LogP) is 2.07. The lowest BCUT2D eigenvalue weighted by atomic mass is 9.95. The number of nitrogens with zero attached hydrogens (tertiary/aromatic N) is 1. The Morgan fingerprint density at radius 1 is 1.19 bits per heavy atom. The van der Waals surface area contributed by atoms with Crippen LogP contribution in [0.1, 0.15) is 38.2 Å². The molecule has 0 spiro atoms. The monoisotopic (exact) mass is 415 g/mol.